The number of carbonyl (C=O) groups excluding carboxylic acids is 2. The highest BCUT2D eigenvalue weighted by molar-refractivity contribution is 5.89. The van der Waals surface area contributed by atoms with Gasteiger partial charge in [0.2, 0.25) is 11.8 Å². The van der Waals surface area contributed by atoms with Crippen molar-refractivity contribution in [2.75, 3.05) is 6.54 Å². The minimum atomic E-state index is -0.261. The molecule has 7 heteroatoms. The van der Waals surface area contributed by atoms with Crippen molar-refractivity contribution in [3.8, 4) is 11.4 Å². The zero-order chi connectivity index (χ0) is 20.9. The third-order valence-corrected chi connectivity index (χ3v) is 6.45. The molecule has 0 bridgehead atoms. The van der Waals surface area contributed by atoms with E-state index in [0.717, 1.165) is 42.5 Å². The van der Waals surface area contributed by atoms with Crippen LogP contribution in [0.1, 0.15) is 56.8 Å². The van der Waals surface area contributed by atoms with Gasteiger partial charge in [0.05, 0.1) is 17.7 Å². The summed E-state index contributed by atoms with van der Waals surface area (Å²) in [6.07, 6.45) is 9.46. The summed E-state index contributed by atoms with van der Waals surface area (Å²) in [4.78, 5) is 40.6. The van der Waals surface area contributed by atoms with E-state index >= 15 is 0 Å². The Balaban J connectivity index is 1.37. The van der Waals surface area contributed by atoms with Crippen molar-refractivity contribution in [1.82, 2.24) is 25.2 Å². The Morgan fingerprint density at radius 3 is 2.73 bits per heavy atom. The number of amides is 2. The standard InChI is InChI=1S/C23H27N5O2/c1-23(2)10-18-17(12-25-21(26-18)14-5-7-24-8-6-14)19(11-23)27-22(30)15-9-20(29)28(13-15)16-3-4-16/h5-8,12,15-16,19H,3-4,9-11,13H2,1-2H3,(H,27,30)/t15-,19-/m1/s1. The van der Waals surface area contributed by atoms with E-state index < -0.39 is 0 Å². The van der Waals surface area contributed by atoms with Crippen LogP contribution in [-0.4, -0.2) is 44.3 Å². The highest BCUT2D eigenvalue weighted by atomic mass is 16.2. The van der Waals surface area contributed by atoms with Crippen LogP contribution in [0.15, 0.2) is 30.7 Å². The number of rotatable bonds is 4. The molecule has 2 aromatic rings. The third-order valence-electron chi connectivity index (χ3n) is 6.45. The maximum Gasteiger partial charge on any atom is 0.225 e. The summed E-state index contributed by atoms with van der Waals surface area (Å²) >= 11 is 0. The summed E-state index contributed by atoms with van der Waals surface area (Å²) in [5.74, 6) is 0.509. The fourth-order valence-corrected chi connectivity index (χ4v) is 4.75. The number of hydrogen-bond acceptors (Lipinski definition) is 5. The molecule has 2 aromatic heterocycles. The molecule has 1 N–H and O–H groups in total. The number of aromatic nitrogens is 3. The number of hydrogen-bond donors (Lipinski definition) is 1. The second-order valence-corrected chi connectivity index (χ2v) is 9.62. The van der Waals surface area contributed by atoms with E-state index in [1.54, 1.807) is 12.4 Å². The lowest BCUT2D eigenvalue weighted by Crippen LogP contribution is -2.40. The van der Waals surface area contributed by atoms with Crippen molar-refractivity contribution in [2.24, 2.45) is 11.3 Å². The molecule has 3 heterocycles. The van der Waals surface area contributed by atoms with E-state index in [-0.39, 0.29) is 29.2 Å². The van der Waals surface area contributed by atoms with E-state index in [0.29, 0.717) is 24.8 Å². The zero-order valence-corrected chi connectivity index (χ0v) is 17.5. The lowest BCUT2D eigenvalue weighted by Gasteiger charge is -2.37. The summed E-state index contributed by atoms with van der Waals surface area (Å²) < 4.78 is 0. The molecule has 0 spiro atoms. The average Bonchev–Trinajstić information content (AvgIpc) is 3.48. The monoisotopic (exact) mass is 405 g/mol. The lowest BCUT2D eigenvalue weighted by molar-refractivity contribution is -0.129. The molecule has 2 atom stereocenters. The molecular weight excluding hydrogens is 378 g/mol. The van der Waals surface area contributed by atoms with Crippen molar-refractivity contribution < 1.29 is 9.59 Å². The SMILES string of the molecule is CC1(C)Cc2nc(-c3ccncc3)ncc2[C@H](NC(=O)[C@@H]2CC(=O)N(C3CC3)C2)C1. The maximum atomic E-state index is 13.0. The van der Waals surface area contributed by atoms with Gasteiger partial charge in [-0.1, -0.05) is 13.8 Å². The highest BCUT2D eigenvalue weighted by Crippen LogP contribution is 2.41. The van der Waals surface area contributed by atoms with Crippen molar-refractivity contribution in [3.05, 3.63) is 42.0 Å². The largest absolute Gasteiger partial charge is 0.349 e. The van der Waals surface area contributed by atoms with E-state index in [2.05, 4.69) is 29.1 Å². The van der Waals surface area contributed by atoms with Gasteiger partial charge in [-0.25, -0.2) is 9.97 Å². The average molecular weight is 406 g/mol. The summed E-state index contributed by atoms with van der Waals surface area (Å²) in [6, 6.07) is 4.03. The first-order valence-corrected chi connectivity index (χ1v) is 10.8. The number of carbonyl (C=O) groups is 2. The smallest absolute Gasteiger partial charge is 0.225 e. The molecule has 156 valence electrons. The Labute approximate surface area is 176 Å². The molecule has 7 nitrogen and oxygen atoms in total. The van der Waals surface area contributed by atoms with Gasteiger partial charge >= 0.3 is 0 Å². The minimum absolute atomic E-state index is 0.0142. The van der Waals surface area contributed by atoms with Gasteiger partial charge in [0.1, 0.15) is 0 Å². The summed E-state index contributed by atoms with van der Waals surface area (Å²) in [5, 5.41) is 3.22. The molecule has 3 aliphatic rings. The van der Waals surface area contributed by atoms with Gasteiger partial charge in [-0.05, 0) is 43.2 Å². The molecule has 2 fully saturated rings. The lowest BCUT2D eigenvalue weighted by atomic mass is 9.74. The van der Waals surface area contributed by atoms with Crippen molar-refractivity contribution in [3.63, 3.8) is 0 Å². The second-order valence-electron chi connectivity index (χ2n) is 9.62. The molecular formula is C23H27N5O2. The predicted octanol–water partition coefficient (Wildman–Crippen LogP) is 2.68. The summed E-state index contributed by atoms with van der Waals surface area (Å²) in [7, 11) is 0. The van der Waals surface area contributed by atoms with E-state index in [4.69, 9.17) is 4.98 Å². The van der Waals surface area contributed by atoms with Crippen LogP contribution in [0.3, 0.4) is 0 Å². The minimum Gasteiger partial charge on any atom is -0.349 e. The molecule has 1 aliphatic heterocycles. The molecule has 2 amide bonds. The van der Waals surface area contributed by atoms with Crippen LogP contribution < -0.4 is 5.32 Å². The number of nitrogens with one attached hydrogen (secondary N) is 1. The van der Waals surface area contributed by atoms with Crippen molar-refractivity contribution in [1.29, 1.82) is 0 Å². The van der Waals surface area contributed by atoms with E-state index in [1.807, 2.05) is 23.2 Å². The van der Waals surface area contributed by atoms with Crippen LogP contribution >= 0.6 is 0 Å². The fraction of sp³-hybridized carbons (Fsp3) is 0.522. The molecule has 0 radical (unpaired) electrons. The molecule has 30 heavy (non-hydrogen) atoms. The van der Waals surface area contributed by atoms with Crippen LogP contribution in [0.4, 0.5) is 0 Å². The van der Waals surface area contributed by atoms with Gasteiger partial charge in [-0.3, -0.25) is 14.6 Å². The molecule has 0 aromatic carbocycles. The Hall–Kier alpha value is -2.83. The fourth-order valence-electron chi connectivity index (χ4n) is 4.75. The zero-order valence-electron chi connectivity index (χ0n) is 17.5. The van der Waals surface area contributed by atoms with Gasteiger partial charge < -0.3 is 10.2 Å². The van der Waals surface area contributed by atoms with Gasteiger partial charge in [0, 0.05) is 48.7 Å². The number of likely N-dealkylation sites (tertiary alicyclic amines) is 1. The Morgan fingerprint density at radius 2 is 2.00 bits per heavy atom. The molecule has 5 rings (SSSR count). The molecule has 2 aliphatic carbocycles. The third kappa shape index (κ3) is 3.68. The predicted molar refractivity (Wildman–Crippen MR) is 111 cm³/mol. The van der Waals surface area contributed by atoms with Crippen LogP contribution in [0, 0.1) is 11.3 Å². The first-order valence-electron chi connectivity index (χ1n) is 10.8. The first-order chi connectivity index (χ1) is 14.4. The van der Waals surface area contributed by atoms with Gasteiger partial charge in [0.15, 0.2) is 5.82 Å². The van der Waals surface area contributed by atoms with Crippen molar-refractivity contribution in [2.45, 2.75) is 58.0 Å². The van der Waals surface area contributed by atoms with Crippen LogP contribution in [-0.2, 0) is 16.0 Å². The van der Waals surface area contributed by atoms with Crippen LogP contribution in [0.5, 0.6) is 0 Å². The molecule has 1 saturated heterocycles. The first kappa shape index (κ1) is 19.2. The van der Waals surface area contributed by atoms with Gasteiger partial charge in [-0.2, -0.15) is 0 Å². The maximum absolute atomic E-state index is 13.0. The van der Waals surface area contributed by atoms with E-state index in [9.17, 15) is 9.59 Å². The highest BCUT2D eigenvalue weighted by Gasteiger charge is 2.43. The van der Waals surface area contributed by atoms with Crippen molar-refractivity contribution >= 4 is 11.8 Å². The topological polar surface area (TPSA) is 88.1 Å². The summed E-state index contributed by atoms with van der Waals surface area (Å²) in [6.45, 7) is 4.96. The summed E-state index contributed by atoms with van der Waals surface area (Å²) in [5.41, 5.74) is 2.92. The second kappa shape index (κ2) is 7.15. The van der Waals surface area contributed by atoms with Gasteiger partial charge in [-0.15, -0.1) is 0 Å². The van der Waals surface area contributed by atoms with Crippen LogP contribution in [0.2, 0.25) is 0 Å². The number of nitrogens with zero attached hydrogens (tertiary/aromatic N) is 4. The normalized spacial score (nSPS) is 25.1. The van der Waals surface area contributed by atoms with Crippen LogP contribution in [0.25, 0.3) is 11.4 Å². The number of fused-ring (bicyclic) bond motifs is 1. The number of pyridine rings is 1. The van der Waals surface area contributed by atoms with E-state index in [1.165, 1.54) is 0 Å². The molecule has 0 unspecified atom stereocenters. The Morgan fingerprint density at radius 1 is 1.23 bits per heavy atom. The van der Waals surface area contributed by atoms with Gasteiger partial charge in [0.25, 0.3) is 0 Å². The quantitative estimate of drug-likeness (QED) is 0.845. The molecule has 1 saturated carbocycles. The Kier molecular flexibility index (Phi) is 4.56. The Bertz CT molecular complexity index is 986.